The van der Waals surface area contributed by atoms with Crippen molar-refractivity contribution < 1.29 is 5.11 Å². The van der Waals surface area contributed by atoms with Gasteiger partial charge in [-0.3, -0.25) is 0 Å². The Hall–Kier alpha value is -0.300. The SMILES string of the molecule is CCCC/C=C/CCC[O]. The van der Waals surface area contributed by atoms with Crippen LogP contribution in [-0.4, -0.2) is 6.61 Å². The van der Waals surface area contributed by atoms with Gasteiger partial charge in [-0.15, -0.1) is 0 Å². The Morgan fingerprint density at radius 3 is 2.20 bits per heavy atom. The molecule has 1 heteroatoms. The Bertz CT molecular complexity index is 66.8. The van der Waals surface area contributed by atoms with E-state index in [4.69, 9.17) is 0 Å². The van der Waals surface area contributed by atoms with Gasteiger partial charge in [0.25, 0.3) is 0 Å². The summed E-state index contributed by atoms with van der Waals surface area (Å²) >= 11 is 0. The van der Waals surface area contributed by atoms with Crippen LogP contribution in [0, 0.1) is 0 Å². The molecule has 0 aromatic rings. The molecule has 0 aliphatic carbocycles. The molecule has 0 heterocycles. The summed E-state index contributed by atoms with van der Waals surface area (Å²) in [5.41, 5.74) is 0. The molecule has 0 amide bonds. The number of hydrogen-bond donors (Lipinski definition) is 0. The topological polar surface area (TPSA) is 19.9 Å². The molecule has 0 saturated heterocycles. The van der Waals surface area contributed by atoms with Gasteiger partial charge in [0, 0.05) is 0 Å². The van der Waals surface area contributed by atoms with E-state index in [0.717, 1.165) is 12.8 Å². The summed E-state index contributed by atoms with van der Waals surface area (Å²) in [6.07, 6.45) is 9.76. The standard InChI is InChI=1S/C9H17O/c1-2-3-4-5-6-7-8-9-10/h5-6H,2-4,7-9H2,1H3/b6-5+. The average molecular weight is 141 g/mol. The Balaban J connectivity index is 2.89. The Labute approximate surface area is 63.8 Å². The van der Waals surface area contributed by atoms with Gasteiger partial charge in [0.1, 0.15) is 0 Å². The maximum absolute atomic E-state index is 9.98. The van der Waals surface area contributed by atoms with Gasteiger partial charge in [-0.25, -0.2) is 5.11 Å². The first kappa shape index (κ1) is 9.70. The second kappa shape index (κ2) is 8.70. The first-order chi connectivity index (χ1) is 4.91. The Kier molecular flexibility index (Phi) is 8.44. The van der Waals surface area contributed by atoms with Crippen molar-refractivity contribution in [2.75, 3.05) is 6.61 Å². The zero-order valence-corrected chi connectivity index (χ0v) is 6.81. The fourth-order valence-electron chi connectivity index (χ4n) is 0.759. The van der Waals surface area contributed by atoms with Crippen LogP contribution in [0.1, 0.15) is 39.0 Å². The van der Waals surface area contributed by atoms with E-state index in [2.05, 4.69) is 19.1 Å². The predicted octanol–water partition coefficient (Wildman–Crippen LogP) is 2.94. The highest BCUT2D eigenvalue weighted by molar-refractivity contribution is 4.80. The summed E-state index contributed by atoms with van der Waals surface area (Å²) in [7, 11) is 0. The molecule has 0 aliphatic heterocycles. The summed E-state index contributed by atoms with van der Waals surface area (Å²) in [4.78, 5) is 0. The molecular weight excluding hydrogens is 124 g/mol. The minimum Gasteiger partial charge on any atom is -0.237 e. The van der Waals surface area contributed by atoms with Crippen molar-refractivity contribution >= 4 is 0 Å². The van der Waals surface area contributed by atoms with Gasteiger partial charge < -0.3 is 0 Å². The first-order valence-corrected chi connectivity index (χ1v) is 4.15. The molecule has 0 atom stereocenters. The number of unbranched alkanes of at least 4 members (excludes halogenated alkanes) is 3. The van der Waals surface area contributed by atoms with Crippen LogP contribution < -0.4 is 0 Å². The lowest BCUT2D eigenvalue weighted by atomic mass is 10.2. The van der Waals surface area contributed by atoms with Crippen LogP contribution in [0.5, 0.6) is 0 Å². The van der Waals surface area contributed by atoms with Crippen molar-refractivity contribution in [3.8, 4) is 0 Å². The molecular formula is C9H17O. The van der Waals surface area contributed by atoms with Crippen molar-refractivity contribution in [1.29, 1.82) is 0 Å². The van der Waals surface area contributed by atoms with E-state index in [-0.39, 0.29) is 6.61 Å². The van der Waals surface area contributed by atoms with Gasteiger partial charge in [-0.1, -0.05) is 31.9 Å². The smallest absolute Gasteiger partial charge is 0.0825 e. The lowest BCUT2D eigenvalue weighted by Gasteiger charge is -1.88. The Morgan fingerprint density at radius 1 is 1.10 bits per heavy atom. The third kappa shape index (κ3) is 7.70. The molecule has 0 saturated carbocycles. The monoisotopic (exact) mass is 141 g/mol. The molecule has 0 bridgehead atoms. The molecule has 0 unspecified atom stereocenters. The third-order valence-corrected chi connectivity index (χ3v) is 1.41. The van der Waals surface area contributed by atoms with E-state index < -0.39 is 0 Å². The average Bonchev–Trinajstić information content (AvgIpc) is 1.97. The van der Waals surface area contributed by atoms with E-state index in [0.29, 0.717) is 0 Å². The first-order valence-electron chi connectivity index (χ1n) is 4.15. The summed E-state index contributed by atoms with van der Waals surface area (Å²) in [5, 5.41) is 9.98. The number of hydrogen-bond acceptors (Lipinski definition) is 0. The molecule has 0 N–H and O–H groups in total. The molecule has 0 aliphatic rings. The number of allylic oxidation sites excluding steroid dienone is 2. The van der Waals surface area contributed by atoms with Gasteiger partial charge in [-0.05, 0) is 19.3 Å². The summed E-state index contributed by atoms with van der Waals surface area (Å²) < 4.78 is 0. The predicted molar refractivity (Wildman–Crippen MR) is 43.5 cm³/mol. The minimum absolute atomic E-state index is 0.0676. The van der Waals surface area contributed by atoms with E-state index in [1.54, 1.807) is 0 Å². The molecule has 1 radical (unpaired) electrons. The van der Waals surface area contributed by atoms with Crippen molar-refractivity contribution in [3.05, 3.63) is 12.2 Å². The quantitative estimate of drug-likeness (QED) is 0.400. The molecule has 59 valence electrons. The highest BCUT2D eigenvalue weighted by atomic mass is 16.2. The fraction of sp³-hybridized carbons (Fsp3) is 0.778. The lowest BCUT2D eigenvalue weighted by molar-refractivity contribution is 0.190. The zero-order chi connectivity index (χ0) is 7.66. The molecule has 1 nitrogen and oxygen atoms in total. The second-order valence-electron chi connectivity index (χ2n) is 2.46. The van der Waals surface area contributed by atoms with Gasteiger partial charge in [0.15, 0.2) is 0 Å². The van der Waals surface area contributed by atoms with Crippen molar-refractivity contribution in [2.45, 2.75) is 39.0 Å². The summed E-state index contributed by atoms with van der Waals surface area (Å²) in [6, 6.07) is 0. The maximum atomic E-state index is 9.98. The van der Waals surface area contributed by atoms with Crippen molar-refractivity contribution in [1.82, 2.24) is 0 Å². The van der Waals surface area contributed by atoms with Crippen LogP contribution in [0.4, 0.5) is 0 Å². The van der Waals surface area contributed by atoms with E-state index >= 15 is 0 Å². The van der Waals surface area contributed by atoms with E-state index in [1.165, 1.54) is 19.3 Å². The van der Waals surface area contributed by atoms with E-state index in [9.17, 15) is 5.11 Å². The van der Waals surface area contributed by atoms with Gasteiger partial charge in [0.2, 0.25) is 0 Å². The lowest BCUT2D eigenvalue weighted by Crippen LogP contribution is -1.76. The van der Waals surface area contributed by atoms with Crippen LogP contribution >= 0.6 is 0 Å². The molecule has 0 aromatic carbocycles. The highest BCUT2D eigenvalue weighted by Crippen LogP contribution is 1.97. The maximum Gasteiger partial charge on any atom is 0.0825 e. The number of rotatable bonds is 6. The second-order valence-corrected chi connectivity index (χ2v) is 2.46. The molecule has 0 aromatic heterocycles. The largest absolute Gasteiger partial charge is 0.237 e. The molecule has 0 fully saturated rings. The highest BCUT2D eigenvalue weighted by Gasteiger charge is 1.80. The van der Waals surface area contributed by atoms with Crippen molar-refractivity contribution in [2.24, 2.45) is 0 Å². The van der Waals surface area contributed by atoms with Crippen molar-refractivity contribution in [3.63, 3.8) is 0 Å². The van der Waals surface area contributed by atoms with Gasteiger partial charge >= 0.3 is 0 Å². The molecule has 0 spiro atoms. The fourth-order valence-corrected chi connectivity index (χ4v) is 0.759. The summed E-state index contributed by atoms with van der Waals surface area (Å²) in [5.74, 6) is 0. The van der Waals surface area contributed by atoms with Crippen LogP contribution in [0.3, 0.4) is 0 Å². The van der Waals surface area contributed by atoms with Crippen LogP contribution in [-0.2, 0) is 5.11 Å². The van der Waals surface area contributed by atoms with Crippen LogP contribution in [0.15, 0.2) is 12.2 Å². The normalized spacial score (nSPS) is 11.0. The molecule has 10 heavy (non-hydrogen) atoms. The zero-order valence-electron chi connectivity index (χ0n) is 6.81. The summed E-state index contributed by atoms with van der Waals surface area (Å²) in [6.45, 7) is 2.25. The van der Waals surface area contributed by atoms with Crippen LogP contribution in [0.2, 0.25) is 0 Å². The Morgan fingerprint density at radius 2 is 1.70 bits per heavy atom. The molecule has 0 rings (SSSR count). The van der Waals surface area contributed by atoms with Gasteiger partial charge in [-0.2, -0.15) is 0 Å². The van der Waals surface area contributed by atoms with Crippen LogP contribution in [0.25, 0.3) is 0 Å². The van der Waals surface area contributed by atoms with Gasteiger partial charge in [0.05, 0.1) is 6.61 Å². The van der Waals surface area contributed by atoms with E-state index in [1.807, 2.05) is 0 Å². The minimum atomic E-state index is 0.0676. The third-order valence-electron chi connectivity index (χ3n) is 1.41.